The lowest BCUT2D eigenvalue weighted by Gasteiger charge is -2.23. The highest BCUT2D eigenvalue weighted by Crippen LogP contribution is 2.32. The van der Waals surface area contributed by atoms with Crippen molar-refractivity contribution in [1.82, 2.24) is 0 Å². The number of rotatable bonds is 7. The third kappa shape index (κ3) is 3.78. The molecule has 0 saturated heterocycles. The topological polar surface area (TPSA) is 82.0 Å². The smallest absolute Gasteiger partial charge is 0.170 e. The normalized spacial score (nSPS) is 11.9. The van der Waals surface area contributed by atoms with Gasteiger partial charge in [0.2, 0.25) is 0 Å². The maximum atomic E-state index is 10.5. The summed E-state index contributed by atoms with van der Waals surface area (Å²) in [5.74, 6) is -0.0506. The Morgan fingerprint density at radius 2 is 2.17 bits per heavy atom. The van der Waals surface area contributed by atoms with Crippen molar-refractivity contribution in [2.45, 2.75) is 20.3 Å². The van der Waals surface area contributed by atoms with Gasteiger partial charge in [0.25, 0.3) is 0 Å². The van der Waals surface area contributed by atoms with Crippen molar-refractivity contribution in [3.63, 3.8) is 0 Å². The van der Waals surface area contributed by atoms with Crippen LogP contribution in [0.4, 0.5) is 11.4 Å². The van der Waals surface area contributed by atoms with E-state index in [1.54, 1.807) is 6.07 Å². The molecule has 18 heavy (non-hydrogen) atoms. The summed E-state index contributed by atoms with van der Waals surface area (Å²) in [5, 5.41) is 2.73. The molecule has 7 heteroatoms. The predicted molar refractivity (Wildman–Crippen MR) is 69.6 cm³/mol. The van der Waals surface area contributed by atoms with E-state index in [1.807, 2.05) is 13.8 Å². The van der Waals surface area contributed by atoms with Crippen LogP contribution in [0.15, 0.2) is 23.4 Å². The van der Waals surface area contributed by atoms with Crippen LogP contribution in [0.3, 0.4) is 0 Å². The molecule has 6 nitrogen and oxygen atoms in total. The minimum atomic E-state index is -2.72. The molecule has 0 saturated carbocycles. The highest BCUT2D eigenvalue weighted by molar-refractivity contribution is 7.74. The van der Waals surface area contributed by atoms with Gasteiger partial charge in [-0.15, -0.1) is 4.91 Å². The molecular formula is C11H15N2O4S-. The zero-order valence-electron chi connectivity index (χ0n) is 10.3. The maximum Gasteiger partial charge on any atom is 0.170 e. The number of nitrogens with zero attached hydrogens (tertiary/aromatic N) is 2. The second kappa shape index (κ2) is 7.07. The van der Waals surface area contributed by atoms with Crippen LogP contribution in [-0.4, -0.2) is 21.9 Å². The summed E-state index contributed by atoms with van der Waals surface area (Å²) in [6.45, 7) is 5.66. The molecule has 0 N–H and O–H groups in total. The Balaban J connectivity index is 3.07. The molecule has 0 fully saturated rings. The first-order chi connectivity index (χ1) is 8.62. The Morgan fingerprint density at radius 3 is 2.67 bits per heavy atom. The SMILES string of the molecule is CCCN(CC)c1ccc(N=O)c(OS(=O)[O-])c1. The third-order valence-corrected chi connectivity index (χ3v) is 2.76. The van der Waals surface area contributed by atoms with Crippen LogP contribution in [-0.2, 0) is 11.4 Å². The lowest BCUT2D eigenvalue weighted by Crippen LogP contribution is -2.23. The van der Waals surface area contributed by atoms with E-state index >= 15 is 0 Å². The van der Waals surface area contributed by atoms with Crippen molar-refractivity contribution in [1.29, 1.82) is 0 Å². The van der Waals surface area contributed by atoms with Crippen LogP contribution in [0, 0.1) is 4.91 Å². The summed E-state index contributed by atoms with van der Waals surface area (Å²) < 4.78 is 25.6. The Hall–Kier alpha value is -1.47. The summed E-state index contributed by atoms with van der Waals surface area (Å²) in [6, 6.07) is 4.67. The number of benzene rings is 1. The van der Waals surface area contributed by atoms with Crippen molar-refractivity contribution in [3.8, 4) is 5.75 Å². The van der Waals surface area contributed by atoms with Gasteiger partial charge in [-0.3, -0.25) is 0 Å². The average Bonchev–Trinajstić information content (AvgIpc) is 2.35. The third-order valence-electron chi connectivity index (χ3n) is 2.44. The van der Waals surface area contributed by atoms with Gasteiger partial charge in [0.15, 0.2) is 11.4 Å². The Morgan fingerprint density at radius 1 is 1.44 bits per heavy atom. The molecule has 0 aliphatic rings. The van der Waals surface area contributed by atoms with Gasteiger partial charge >= 0.3 is 0 Å². The van der Waals surface area contributed by atoms with E-state index in [1.165, 1.54) is 12.1 Å². The second-order valence-corrected chi connectivity index (χ2v) is 4.19. The van der Waals surface area contributed by atoms with Gasteiger partial charge in [0.1, 0.15) is 11.4 Å². The lowest BCUT2D eigenvalue weighted by molar-refractivity contribution is 0.441. The minimum absolute atomic E-state index is 0.0319. The number of nitroso groups, excluding NO2 is 1. The standard InChI is InChI=1S/C11H16N2O4S/c1-3-7-13(4-2)9-5-6-10(12-14)11(8-9)17-18(15)16/h5-6,8H,3-4,7H2,1-2H3,(H,15,16)/p-1. The van der Waals surface area contributed by atoms with Gasteiger partial charge in [-0.05, 0) is 30.7 Å². The number of hydrogen-bond donors (Lipinski definition) is 0. The van der Waals surface area contributed by atoms with Gasteiger partial charge < -0.3 is 13.6 Å². The zero-order valence-corrected chi connectivity index (χ0v) is 11.1. The van der Waals surface area contributed by atoms with E-state index < -0.39 is 11.4 Å². The fraction of sp³-hybridized carbons (Fsp3) is 0.455. The van der Waals surface area contributed by atoms with Gasteiger partial charge in [0.05, 0.1) is 0 Å². The van der Waals surface area contributed by atoms with Gasteiger partial charge in [-0.1, -0.05) is 6.92 Å². The molecule has 1 rings (SSSR count). The fourth-order valence-electron chi connectivity index (χ4n) is 1.65. The van der Waals surface area contributed by atoms with E-state index in [2.05, 4.69) is 14.3 Å². The first-order valence-electron chi connectivity index (χ1n) is 5.62. The summed E-state index contributed by atoms with van der Waals surface area (Å²) >= 11 is -2.72. The zero-order chi connectivity index (χ0) is 13.5. The molecule has 0 aromatic heterocycles. The molecule has 0 spiro atoms. The molecule has 1 unspecified atom stereocenters. The van der Waals surface area contributed by atoms with E-state index in [9.17, 15) is 13.7 Å². The summed E-state index contributed by atoms with van der Waals surface area (Å²) in [5.41, 5.74) is 0.766. The molecule has 0 radical (unpaired) electrons. The molecular weight excluding hydrogens is 256 g/mol. The van der Waals surface area contributed by atoms with Gasteiger partial charge in [-0.25, -0.2) is 4.21 Å². The largest absolute Gasteiger partial charge is 0.740 e. The van der Waals surface area contributed by atoms with Crippen molar-refractivity contribution in [3.05, 3.63) is 23.1 Å². The fourth-order valence-corrected chi connectivity index (χ4v) is 1.93. The predicted octanol–water partition coefficient (Wildman–Crippen LogP) is 2.49. The second-order valence-electron chi connectivity index (χ2n) is 3.61. The molecule has 1 aromatic carbocycles. The van der Waals surface area contributed by atoms with E-state index in [-0.39, 0.29) is 11.4 Å². The maximum absolute atomic E-state index is 10.5. The highest BCUT2D eigenvalue weighted by atomic mass is 32.2. The van der Waals surface area contributed by atoms with E-state index in [0.717, 1.165) is 25.2 Å². The van der Waals surface area contributed by atoms with Crippen LogP contribution in [0.2, 0.25) is 0 Å². The molecule has 1 atom stereocenters. The van der Waals surface area contributed by atoms with Crippen molar-refractivity contribution < 1.29 is 12.9 Å². The van der Waals surface area contributed by atoms with Crippen LogP contribution < -0.4 is 9.08 Å². The molecule has 0 heterocycles. The monoisotopic (exact) mass is 271 g/mol. The van der Waals surface area contributed by atoms with Crippen molar-refractivity contribution in [2.75, 3.05) is 18.0 Å². The molecule has 0 bridgehead atoms. The minimum Gasteiger partial charge on any atom is -0.740 e. The van der Waals surface area contributed by atoms with Crippen LogP contribution in [0.5, 0.6) is 5.75 Å². The van der Waals surface area contributed by atoms with Crippen LogP contribution in [0.1, 0.15) is 20.3 Å². The first kappa shape index (κ1) is 14.6. The summed E-state index contributed by atoms with van der Waals surface area (Å²) in [7, 11) is 0. The average molecular weight is 271 g/mol. The summed E-state index contributed by atoms with van der Waals surface area (Å²) in [6.07, 6.45) is 0.963. The summed E-state index contributed by atoms with van der Waals surface area (Å²) in [4.78, 5) is 12.6. The lowest BCUT2D eigenvalue weighted by atomic mass is 10.2. The van der Waals surface area contributed by atoms with Crippen molar-refractivity contribution >= 4 is 22.7 Å². The Labute approximate surface area is 108 Å². The van der Waals surface area contributed by atoms with Crippen molar-refractivity contribution in [2.24, 2.45) is 5.18 Å². The highest BCUT2D eigenvalue weighted by Gasteiger charge is 2.10. The molecule has 1 aromatic rings. The molecule has 100 valence electrons. The van der Waals surface area contributed by atoms with Gasteiger partial charge in [-0.2, -0.15) is 0 Å². The van der Waals surface area contributed by atoms with Crippen LogP contribution >= 0.6 is 0 Å². The number of hydrogen-bond acceptors (Lipinski definition) is 6. The first-order valence-corrected chi connectivity index (χ1v) is 6.62. The Bertz CT molecular complexity index is 439. The molecule has 0 aliphatic carbocycles. The molecule has 0 aliphatic heterocycles. The Kier molecular flexibility index (Phi) is 5.73. The van der Waals surface area contributed by atoms with Crippen LogP contribution in [0.25, 0.3) is 0 Å². The van der Waals surface area contributed by atoms with E-state index in [0.29, 0.717) is 0 Å². The van der Waals surface area contributed by atoms with E-state index in [4.69, 9.17) is 0 Å². The number of anilines is 1. The quantitative estimate of drug-likeness (QED) is 0.562. The van der Waals surface area contributed by atoms with Gasteiger partial charge in [0, 0.05) is 24.8 Å². The molecule has 0 amide bonds.